The van der Waals surface area contributed by atoms with Crippen molar-refractivity contribution < 1.29 is 9.84 Å². The molecule has 136 valence electrons. The van der Waals surface area contributed by atoms with Gasteiger partial charge in [-0.05, 0) is 67.9 Å². The van der Waals surface area contributed by atoms with Gasteiger partial charge in [-0.3, -0.25) is 0 Å². The molecule has 1 saturated heterocycles. The third-order valence-corrected chi connectivity index (χ3v) is 5.96. The molecule has 1 aliphatic heterocycles. The van der Waals surface area contributed by atoms with Gasteiger partial charge in [0.15, 0.2) is 0 Å². The van der Waals surface area contributed by atoms with Crippen LogP contribution in [0.5, 0.6) is 0 Å². The summed E-state index contributed by atoms with van der Waals surface area (Å²) in [7, 11) is 0. The molecule has 24 heavy (non-hydrogen) atoms. The average Bonchev–Trinajstić information content (AvgIpc) is 2.53. The number of rotatable bonds is 6. The van der Waals surface area contributed by atoms with Crippen LogP contribution in [-0.4, -0.2) is 17.3 Å². The summed E-state index contributed by atoms with van der Waals surface area (Å²) in [6.45, 7) is 13.3. The molecule has 0 radical (unpaired) electrons. The van der Waals surface area contributed by atoms with Crippen molar-refractivity contribution in [3.05, 3.63) is 35.4 Å². The molecule has 5 atom stereocenters. The van der Waals surface area contributed by atoms with E-state index in [9.17, 15) is 5.11 Å². The molecule has 1 fully saturated rings. The fraction of sp³-hybridized carbons (Fsp3) is 0.727. The van der Waals surface area contributed by atoms with Gasteiger partial charge in [0.2, 0.25) is 0 Å². The predicted molar refractivity (Wildman–Crippen MR) is 101 cm³/mol. The third-order valence-electron chi connectivity index (χ3n) is 5.96. The first-order valence-electron chi connectivity index (χ1n) is 9.67. The number of hydrogen-bond acceptors (Lipinski definition) is 2. The molecule has 1 N–H and O–H groups in total. The molecule has 2 nitrogen and oxygen atoms in total. The van der Waals surface area contributed by atoms with Gasteiger partial charge in [0, 0.05) is 0 Å². The van der Waals surface area contributed by atoms with Gasteiger partial charge in [-0.1, -0.05) is 52.0 Å². The maximum Gasteiger partial charge on any atom is 0.0815 e. The van der Waals surface area contributed by atoms with E-state index in [0.29, 0.717) is 18.1 Å². The van der Waals surface area contributed by atoms with E-state index in [-0.39, 0.29) is 17.4 Å². The molecule has 2 heteroatoms. The highest BCUT2D eigenvalue weighted by Gasteiger charge is 2.28. The molecule has 0 saturated carbocycles. The molecule has 1 heterocycles. The predicted octanol–water partition coefficient (Wildman–Crippen LogP) is 5.64. The average molecular weight is 333 g/mol. The second-order valence-corrected chi connectivity index (χ2v) is 8.61. The van der Waals surface area contributed by atoms with E-state index in [0.717, 1.165) is 31.2 Å². The zero-order valence-electron chi connectivity index (χ0n) is 16.4. The van der Waals surface area contributed by atoms with Crippen molar-refractivity contribution in [2.24, 2.45) is 11.8 Å². The van der Waals surface area contributed by atoms with Crippen molar-refractivity contribution in [1.29, 1.82) is 0 Å². The van der Waals surface area contributed by atoms with E-state index in [1.54, 1.807) is 0 Å². The molecule has 0 aromatic heterocycles. The number of ether oxygens (including phenoxy) is 1. The van der Waals surface area contributed by atoms with E-state index in [1.165, 1.54) is 5.56 Å². The van der Waals surface area contributed by atoms with E-state index < -0.39 is 0 Å². The molecule has 2 rings (SSSR count). The Hall–Kier alpha value is -0.860. The number of aliphatic hydroxyl groups is 1. The van der Waals surface area contributed by atoms with Gasteiger partial charge in [-0.15, -0.1) is 0 Å². The van der Waals surface area contributed by atoms with Gasteiger partial charge in [0.05, 0.1) is 18.3 Å². The van der Waals surface area contributed by atoms with Crippen LogP contribution < -0.4 is 0 Å². The van der Waals surface area contributed by atoms with Crippen molar-refractivity contribution in [2.75, 3.05) is 0 Å². The maximum absolute atomic E-state index is 10.8. The third kappa shape index (κ3) is 4.83. The van der Waals surface area contributed by atoms with Crippen LogP contribution in [-0.2, 0) is 10.2 Å². The van der Waals surface area contributed by atoms with Crippen LogP contribution in [0.3, 0.4) is 0 Å². The Kier molecular flexibility index (Phi) is 6.50. The number of aliphatic hydroxyl groups excluding tert-OH is 1. The Bertz CT molecular complexity index is 495. The smallest absolute Gasteiger partial charge is 0.0815 e. The summed E-state index contributed by atoms with van der Waals surface area (Å²) in [5.41, 5.74) is 2.59. The SMILES string of the molecule is CCC(C)(C)c1ccc([C@@H](O)C(C)CC2C[C@@H](C)O[C@@H](C)C2)cc1. The van der Waals surface area contributed by atoms with Crippen LogP contribution in [0, 0.1) is 11.8 Å². The topological polar surface area (TPSA) is 29.5 Å². The maximum atomic E-state index is 10.8. The Morgan fingerprint density at radius 1 is 1.12 bits per heavy atom. The standard InChI is InChI=1S/C22H36O2/c1-7-22(5,6)20-10-8-19(9-11-20)21(23)15(2)12-18-13-16(3)24-17(4)14-18/h8-11,15-18,21,23H,7,12-14H2,1-6H3/t15?,16-,17+,18?,21-/m0/s1. The molecule has 1 aromatic rings. The summed E-state index contributed by atoms with van der Waals surface area (Å²) < 4.78 is 5.84. The van der Waals surface area contributed by atoms with Crippen LogP contribution in [0.4, 0.5) is 0 Å². The summed E-state index contributed by atoms with van der Waals surface area (Å²) in [4.78, 5) is 0. The fourth-order valence-electron chi connectivity index (χ4n) is 4.05. The van der Waals surface area contributed by atoms with E-state index >= 15 is 0 Å². The largest absolute Gasteiger partial charge is 0.388 e. The monoisotopic (exact) mass is 332 g/mol. The molecule has 1 aliphatic rings. The van der Waals surface area contributed by atoms with E-state index in [4.69, 9.17) is 4.74 Å². The van der Waals surface area contributed by atoms with Crippen molar-refractivity contribution >= 4 is 0 Å². The van der Waals surface area contributed by atoms with Gasteiger partial charge in [0.1, 0.15) is 0 Å². The highest BCUT2D eigenvalue weighted by molar-refractivity contribution is 5.29. The van der Waals surface area contributed by atoms with Crippen LogP contribution in [0.1, 0.15) is 84.5 Å². The summed E-state index contributed by atoms with van der Waals surface area (Å²) >= 11 is 0. The Labute approximate surface area is 148 Å². The Balaban J connectivity index is 1.98. The van der Waals surface area contributed by atoms with E-state index in [1.807, 2.05) is 0 Å². The minimum atomic E-state index is -0.378. The molecular formula is C22H36O2. The first-order chi connectivity index (χ1) is 11.2. The van der Waals surface area contributed by atoms with Crippen molar-refractivity contribution in [2.45, 2.75) is 91.0 Å². The van der Waals surface area contributed by atoms with Crippen molar-refractivity contribution in [1.82, 2.24) is 0 Å². The van der Waals surface area contributed by atoms with Crippen LogP contribution in [0.25, 0.3) is 0 Å². The lowest BCUT2D eigenvalue weighted by molar-refractivity contribution is -0.0591. The van der Waals surface area contributed by atoms with E-state index in [2.05, 4.69) is 65.8 Å². The Morgan fingerprint density at radius 2 is 1.67 bits per heavy atom. The molecule has 0 aliphatic carbocycles. The zero-order valence-corrected chi connectivity index (χ0v) is 16.4. The highest BCUT2D eigenvalue weighted by atomic mass is 16.5. The lowest BCUT2D eigenvalue weighted by Gasteiger charge is -2.34. The highest BCUT2D eigenvalue weighted by Crippen LogP contribution is 2.35. The minimum Gasteiger partial charge on any atom is -0.388 e. The van der Waals surface area contributed by atoms with Crippen molar-refractivity contribution in [3.8, 4) is 0 Å². The molecule has 2 unspecified atom stereocenters. The summed E-state index contributed by atoms with van der Waals surface area (Å²) in [5, 5.41) is 10.8. The molecule has 0 spiro atoms. The van der Waals surface area contributed by atoms with Crippen LogP contribution in [0.2, 0.25) is 0 Å². The summed E-state index contributed by atoms with van der Waals surface area (Å²) in [5.74, 6) is 0.934. The van der Waals surface area contributed by atoms with Crippen molar-refractivity contribution in [3.63, 3.8) is 0 Å². The molecule has 0 amide bonds. The molecule has 0 bridgehead atoms. The zero-order chi connectivity index (χ0) is 17.9. The van der Waals surface area contributed by atoms with Gasteiger partial charge in [0.25, 0.3) is 0 Å². The number of hydrogen-bond donors (Lipinski definition) is 1. The van der Waals surface area contributed by atoms with Gasteiger partial charge >= 0.3 is 0 Å². The normalized spacial score (nSPS) is 27.7. The number of benzene rings is 1. The second kappa shape index (κ2) is 8.01. The quantitative estimate of drug-likeness (QED) is 0.730. The molecule has 1 aromatic carbocycles. The van der Waals surface area contributed by atoms with Crippen LogP contribution >= 0.6 is 0 Å². The van der Waals surface area contributed by atoms with Gasteiger partial charge in [-0.25, -0.2) is 0 Å². The lowest BCUT2D eigenvalue weighted by Crippen LogP contribution is -2.30. The minimum absolute atomic E-state index is 0.198. The van der Waals surface area contributed by atoms with Gasteiger partial charge in [-0.2, -0.15) is 0 Å². The second-order valence-electron chi connectivity index (χ2n) is 8.61. The molecular weight excluding hydrogens is 296 g/mol. The first-order valence-corrected chi connectivity index (χ1v) is 9.67. The summed E-state index contributed by atoms with van der Waals surface area (Å²) in [6.07, 6.45) is 4.73. The first kappa shape index (κ1) is 19.5. The fourth-order valence-corrected chi connectivity index (χ4v) is 4.05. The lowest BCUT2D eigenvalue weighted by atomic mass is 9.80. The van der Waals surface area contributed by atoms with Crippen LogP contribution in [0.15, 0.2) is 24.3 Å². The summed E-state index contributed by atoms with van der Waals surface area (Å²) in [6, 6.07) is 8.60. The van der Waals surface area contributed by atoms with Gasteiger partial charge < -0.3 is 9.84 Å². The Morgan fingerprint density at radius 3 is 2.17 bits per heavy atom.